The summed E-state index contributed by atoms with van der Waals surface area (Å²) in [5.74, 6) is -0.409. The van der Waals surface area contributed by atoms with Crippen molar-refractivity contribution in [2.75, 3.05) is 46.3 Å². The number of benzene rings is 1. The van der Waals surface area contributed by atoms with E-state index in [4.69, 9.17) is 9.05 Å². The second kappa shape index (κ2) is 9.53. The highest BCUT2D eigenvalue weighted by molar-refractivity contribution is 7.54. The van der Waals surface area contributed by atoms with Crippen LogP contribution >= 0.6 is 20.0 Å². The van der Waals surface area contributed by atoms with Crippen LogP contribution in [0.3, 0.4) is 0 Å². The molecule has 1 aromatic rings. The normalized spacial score (nSPS) is 12.9. The van der Waals surface area contributed by atoms with Crippen LogP contribution in [0.2, 0.25) is 0 Å². The second-order valence-corrected chi connectivity index (χ2v) is 7.28. The lowest BCUT2D eigenvalue weighted by Crippen LogP contribution is -2.22. The molecule has 5 nitrogen and oxygen atoms in total. The van der Waals surface area contributed by atoms with Crippen molar-refractivity contribution in [3.63, 3.8) is 0 Å². The molecule has 0 heterocycles. The van der Waals surface area contributed by atoms with Crippen LogP contribution in [0, 0.1) is 0 Å². The Kier molecular flexibility index (Phi) is 9.28. The summed E-state index contributed by atoms with van der Waals surface area (Å²) in [5, 5.41) is 0. The number of anilines is 1. The predicted octanol–water partition coefficient (Wildman–Crippen LogP) is 4.00. The number of rotatable bonds is 8. The highest BCUT2D eigenvalue weighted by Gasteiger charge is 2.38. The van der Waals surface area contributed by atoms with Crippen molar-refractivity contribution >= 4 is 25.7 Å². The Hall–Kier alpha value is -0.580. The van der Waals surface area contributed by atoms with Crippen LogP contribution in [0.15, 0.2) is 24.3 Å². The molecule has 1 unspecified atom stereocenters. The van der Waals surface area contributed by atoms with Gasteiger partial charge in [-0.3, -0.25) is 9.46 Å². The first-order valence-electron chi connectivity index (χ1n) is 7.18. The average Bonchev–Trinajstić information content (AvgIpc) is 2.39. The van der Waals surface area contributed by atoms with Crippen LogP contribution in [0.25, 0.3) is 0 Å². The van der Waals surface area contributed by atoms with Crippen LogP contribution in [-0.2, 0) is 13.6 Å². The molecule has 22 heavy (non-hydrogen) atoms. The molecular weight excluding hydrogens is 323 g/mol. The molecule has 0 aliphatic carbocycles. The highest BCUT2D eigenvalue weighted by Crippen LogP contribution is 2.61. The molecule has 0 N–H and O–H groups in total. The molecule has 0 aliphatic heterocycles. The molecule has 0 aromatic heterocycles. The Morgan fingerprint density at radius 3 is 1.77 bits per heavy atom. The first-order valence-corrected chi connectivity index (χ1v) is 8.79. The lowest BCUT2D eigenvalue weighted by molar-refractivity contribution is 0.187. The maximum atomic E-state index is 13.1. The molecule has 0 saturated carbocycles. The second-order valence-electron chi connectivity index (χ2n) is 5.20. The summed E-state index contributed by atoms with van der Waals surface area (Å²) in [4.78, 5) is 3.91. The highest BCUT2D eigenvalue weighted by atomic mass is 35.5. The van der Waals surface area contributed by atoms with Gasteiger partial charge in [-0.2, -0.15) is 0 Å². The van der Waals surface area contributed by atoms with E-state index in [1.54, 1.807) is 0 Å². The van der Waals surface area contributed by atoms with Crippen molar-refractivity contribution < 1.29 is 13.6 Å². The molecular formula is C15H28ClN2O3P. The fourth-order valence-electron chi connectivity index (χ4n) is 2.25. The predicted molar refractivity (Wildman–Crippen MR) is 95.3 cm³/mol. The molecule has 0 radical (unpaired) electrons. The first kappa shape index (κ1) is 21.4. The lowest BCUT2D eigenvalue weighted by atomic mass is 10.2. The van der Waals surface area contributed by atoms with Crippen LogP contribution in [0.5, 0.6) is 0 Å². The van der Waals surface area contributed by atoms with Gasteiger partial charge in [0.25, 0.3) is 0 Å². The van der Waals surface area contributed by atoms with E-state index < -0.39 is 13.4 Å². The number of hydrogen-bond donors (Lipinski definition) is 0. The van der Waals surface area contributed by atoms with Crippen LogP contribution in [-0.4, -0.2) is 46.3 Å². The molecule has 0 amide bonds. The van der Waals surface area contributed by atoms with Gasteiger partial charge in [0, 0.05) is 19.8 Å². The van der Waals surface area contributed by atoms with Crippen molar-refractivity contribution in [3.8, 4) is 0 Å². The van der Waals surface area contributed by atoms with E-state index in [0.717, 1.165) is 11.3 Å². The Bertz CT molecular complexity index is 470. The summed E-state index contributed by atoms with van der Waals surface area (Å²) in [6.45, 7) is 4.37. The molecule has 1 atom stereocenters. The Morgan fingerprint density at radius 1 is 1.00 bits per heavy atom. The van der Waals surface area contributed by atoms with Gasteiger partial charge >= 0.3 is 7.60 Å². The molecule has 7 heteroatoms. The smallest absolute Gasteiger partial charge is 0.352 e. The minimum Gasteiger partial charge on any atom is -0.378 e. The maximum Gasteiger partial charge on any atom is 0.352 e. The van der Waals surface area contributed by atoms with Crippen molar-refractivity contribution in [1.29, 1.82) is 0 Å². The molecule has 0 aliphatic rings. The minimum atomic E-state index is -3.23. The zero-order chi connectivity index (χ0) is 16.0. The summed E-state index contributed by atoms with van der Waals surface area (Å²) in [7, 11) is 4.51. The topological polar surface area (TPSA) is 42.0 Å². The number of hydrogen-bond acceptors (Lipinski definition) is 5. The van der Waals surface area contributed by atoms with E-state index in [-0.39, 0.29) is 12.4 Å². The molecule has 0 saturated heterocycles. The molecule has 128 valence electrons. The number of nitrogens with zero attached hydrogens (tertiary/aromatic N) is 2. The van der Waals surface area contributed by atoms with E-state index in [2.05, 4.69) is 0 Å². The van der Waals surface area contributed by atoms with Crippen molar-refractivity contribution in [1.82, 2.24) is 4.90 Å². The summed E-state index contributed by atoms with van der Waals surface area (Å²) in [6.07, 6.45) is 0. The Morgan fingerprint density at radius 2 is 1.45 bits per heavy atom. The summed E-state index contributed by atoms with van der Waals surface area (Å²) in [5.41, 5.74) is 2.02. The van der Waals surface area contributed by atoms with Crippen molar-refractivity contribution in [2.24, 2.45) is 0 Å². The van der Waals surface area contributed by atoms with Crippen LogP contribution in [0.1, 0.15) is 25.2 Å². The van der Waals surface area contributed by atoms with E-state index in [9.17, 15) is 4.57 Å². The van der Waals surface area contributed by atoms with E-state index in [0.29, 0.717) is 13.2 Å². The molecule has 1 rings (SSSR count). The quantitative estimate of drug-likeness (QED) is 0.663. The van der Waals surface area contributed by atoms with Gasteiger partial charge in [0.05, 0.1) is 13.2 Å². The zero-order valence-electron chi connectivity index (χ0n) is 14.3. The van der Waals surface area contributed by atoms with Gasteiger partial charge in [-0.1, -0.05) is 12.1 Å². The lowest BCUT2D eigenvalue weighted by Gasteiger charge is -2.31. The fraction of sp³-hybridized carbons (Fsp3) is 0.600. The van der Waals surface area contributed by atoms with Gasteiger partial charge in [0.2, 0.25) is 0 Å². The summed E-state index contributed by atoms with van der Waals surface area (Å²) >= 11 is 0. The van der Waals surface area contributed by atoms with E-state index in [1.165, 1.54) is 0 Å². The molecule has 0 spiro atoms. The van der Waals surface area contributed by atoms with Gasteiger partial charge < -0.3 is 13.9 Å². The molecule has 0 bridgehead atoms. The molecule has 1 aromatic carbocycles. The van der Waals surface area contributed by atoms with E-state index >= 15 is 0 Å². The summed E-state index contributed by atoms with van der Waals surface area (Å²) in [6, 6.07) is 7.97. The SMILES string of the molecule is CCOP(=O)(OCC)C(c1ccc(N(C)C)cc1)N(C)C.Cl. The largest absolute Gasteiger partial charge is 0.378 e. The zero-order valence-corrected chi connectivity index (χ0v) is 16.0. The van der Waals surface area contributed by atoms with Crippen LogP contribution in [0.4, 0.5) is 5.69 Å². The van der Waals surface area contributed by atoms with Gasteiger partial charge in [-0.15, -0.1) is 12.4 Å². The monoisotopic (exact) mass is 350 g/mol. The Balaban J connectivity index is 0.00000441. The Labute approximate surface area is 140 Å². The van der Waals surface area contributed by atoms with Gasteiger partial charge in [0.1, 0.15) is 5.78 Å². The van der Waals surface area contributed by atoms with Gasteiger partial charge in [-0.25, -0.2) is 0 Å². The summed E-state index contributed by atoms with van der Waals surface area (Å²) < 4.78 is 24.1. The molecule has 0 fully saturated rings. The van der Waals surface area contributed by atoms with E-state index in [1.807, 2.05) is 76.1 Å². The number of halogens is 1. The van der Waals surface area contributed by atoms with Gasteiger partial charge in [-0.05, 0) is 45.6 Å². The average molecular weight is 351 g/mol. The fourth-order valence-corrected chi connectivity index (χ4v) is 4.43. The minimum absolute atomic E-state index is 0. The van der Waals surface area contributed by atoms with Crippen molar-refractivity contribution in [2.45, 2.75) is 19.6 Å². The first-order chi connectivity index (χ1) is 9.85. The van der Waals surface area contributed by atoms with Gasteiger partial charge in [0.15, 0.2) is 0 Å². The third-order valence-electron chi connectivity index (χ3n) is 3.11. The third kappa shape index (κ3) is 5.25. The van der Waals surface area contributed by atoms with Crippen molar-refractivity contribution in [3.05, 3.63) is 29.8 Å². The maximum absolute atomic E-state index is 13.1. The van der Waals surface area contributed by atoms with Crippen LogP contribution < -0.4 is 4.90 Å². The third-order valence-corrected chi connectivity index (χ3v) is 5.71. The standard InChI is InChI=1S/C15H27N2O3P.ClH/c1-7-19-21(18,20-8-2)15(17(5)6)13-9-11-14(12-10-13)16(3)4;/h9-12,15H,7-8H2,1-6H3;1H.